The molecule has 6 aromatic rings. The van der Waals surface area contributed by atoms with Crippen LogP contribution in [0.2, 0.25) is 0 Å². The number of ether oxygens (including phenoxy) is 1. The summed E-state index contributed by atoms with van der Waals surface area (Å²) in [5.74, 6) is 0.941. The standard InChI is InChI=1S/C52H61FN10O4/c1-33(47-30-41-40(14-19-54-50(41)59(47)2)38-8-10-43-45(28-38)57-48(56-43)32-67-3)61-22-17-36(18-23-61)35-4-6-37(7-5-35)52(66)63-20-15-34(16-21-63)31-60-24-26-62(27-25-60)46-12-9-39(29-42(46)53)55-44-11-13-49(64)58-51(44)65/h4-10,12,14,19,28-30,33-34,36,44,55H,11,13,15-18,20-27,31-32H2,1-3H3,(H,56,57)(H,58,64,65)/t33-,44?/m0/s1. The van der Waals surface area contributed by atoms with Gasteiger partial charge >= 0.3 is 0 Å². The van der Waals surface area contributed by atoms with Crippen LogP contribution in [0.25, 0.3) is 33.2 Å². The number of nitrogens with one attached hydrogen (secondary N) is 3. The molecule has 3 amide bonds. The van der Waals surface area contributed by atoms with Crippen LogP contribution in [0.1, 0.15) is 84.8 Å². The van der Waals surface area contributed by atoms with Crippen molar-refractivity contribution in [3.8, 4) is 11.1 Å². The Morgan fingerprint density at radius 1 is 0.896 bits per heavy atom. The van der Waals surface area contributed by atoms with Crippen molar-refractivity contribution in [2.24, 2.45) is 13.0 Å². The van der Waals surface area contributed by atoms with Gasteiger partial charge in [-0.25, -0.2) is 14.4 Å². The molecule has 0 spiro atoms. The van der Waals surface area contributed by atoms with Crippen LogP contribution in [0.3, 0.4) is 0 Å². The van der Waals surface area contributed by atoms with Crippen molar-refractivity contribution >= 4 is 51.2 Å². The number of hydrogen-bond donors (Lipinski definition) is 3. The van der Waals surface area contributed by atoms with E-state index in [9.17, 15) is 14.4 Å². The Morgan fingerprint density at radius 3 is 2.40 bits per heavy atom. The molecule has 15 heteroatoms. The average molecular weight is 909 g/mol. The van der Waals surface area contributed by atoms with Gasteiger partial charge in [-0.15, -0.1) is 0 Å². The van der Waals surface area contributed by atoms with Crippen LogP contribution in [-0.4, -0.2) is 124 Å². The Labute approximate surface area is 390 Å². The number of piperidine rings is 3. The number of aromatic nitrogens is 4. The van der Waals surface area contributed by atoms with Gasteiger partial charge in [0.15, 0.2) is 0 Å². The molecule has 7 heterocycles. The summed E-state index contributed by atoms with van der Waals surface area (Å²) in [6.07, 6.45) is 6.65. The van der Waals surface area contributed by atoms with E-state index in [-0.39, 0.29) is 36.0 Å². The summed E-state index contributed by atoms with van der Waals surface area (Å²) in [6.45, 7) is 10.4. The Bertz CT molecular complexity index is 2760. The number of carbonyl (C=O) groups is 3. The van der Waals surface area contributed by atoms with Crippen molar-refractivity contribution in [3.05, 3.63) is 107 Å². The molecule has 10 rings (SSSR count). The van der Waals surface area contributed by atoms with E-state index < -0.39 is 6.04 Å². The van der Waals surface area contributed by atoms with E-state index in [1.54, 1.807) is 19.2 Å². The number of aromatic amines is 1. The van der Waals surface area contributed by atoms with Crippen LogP contribution in [0.15, 0.2) is 79.0 Å². The summed E-state index contributed by atoms with van der Waals surface area (Å²) in [5.41, 5.74) is 9.60. The van der Waals surface area contributed by atoms with Gasteiger partial charge in [0.2, 0.25) is 11.8 Å². The number of benzene rings is 3. The van der Waals surface area contributed by atoms with Crippen molar-refractivity contribution < 1.29 is 23.5 Å². The highest BCUT2D eigenvalue weighted by molar-refractivity contribution is 6.01. The lowest BCUT2D eigenvalue weighted by Gasteiger charge is -2.39. The third kappa shape index (κ3) is 9.41. The Kier molecular flexibility index (Phi) is 12.8. The molecule has 0 saturated carbocycles. The monoisotopic (exact) mass is 908 g/mol. The Hall–Kier alpha value is -6.16. The number of imide groups is 1. The largest absolute Gasteiger partial charge is 0.377 e. The number of nitrogens with zero attached hydrogens (tertiary/aromatic N) is 7. The normalized spacial score (nSPS) is 19.9. The molecule has 4 aliphatic heterocycles. The van der Waals surface area contributed by atoms with Crippen LogP contribution in [0, 0.1) is 11.7 Å². The molecule has 4 fully saturated rings. The lowest BCUT2D eigenvalue weighted by molar-refractivity contribution is -0.133. The number of carbonyl (C=O) groups excluding carboxylic acids is 3. The first kappa shape index (κ1) is 44.7. The number of methoxy groups -OCH3 is 1. The van der Waals surface area contributed by atoms with Crippen molar-refractivity contribution in [2.45, 2.75) is 70.1 Å². The van der Waals surface area contributed by atoms with Crippen LogP contribution < -0.4 is 15.5 Å². The molecule has 2 atom stereocenters. The number of anilines is 2. The number of amides is 3. The molecule has 3 N–H and O–H groups in total. The highest BCUT2D eigenvalue weighted by Gasteiger charge is 2.31. The van der Waals surface area contributed by atoms with Gasteiger partial charge in [-0.3, -0.25) is 29.5 Å². The lowest BCUT2D eigenvalue weighted by Crippen LogP contribution is -2.49. The number of rotatable bonds is 12. The van der Waals surface area contributed by atoms with Crippen LogP contribution in [-0.2, 0) is 28.0 Å². The van der Waals surface area contributed by atoms with E-state index in [2.05, 4.69) is 96.3 Å². The number of halogens is 1. The molecule has 1 unspecified atom stereocenters. The zero-order valence-electron chi connectivity index (χ0n) is 38.8. The highest BCUT2D eigenvalue weighted by Crippen LogP contribution is 2.37. The molecule has 0 radical (unpaired) electrons. The molecule has 4 saturated heterocycles. The molecular weight excluding hydrogens is 848 g/mol. The van der Waals surface area contributed by atoms with Crippen LogP contribution in [0.5, 0.6) is 0 Å². The fourth-order valence-electron chi connectivity index (χ4n) is 11.0. The minimum absolute atomic E-state index is 0.119. The smallest absolute Gasteiger partial charge is 0.253 e. The van der Waals surface area contributed by atoms with Gasteiger partial charge in [0.05, 0.1) is 16.7 Å². The zero-order chi connectivity index (χ0) is 46.2. The van der Waals surface area contributed by atoms with Crippen molar-refractivity contribution in [1.82, 2.24) is 39.5 Å². The third-order valence-electron chi connectivity index (χ3n) is 14.9. The maximum Gasteiger partial charge on any atom is 0.253 e. The van der Waals surface area contributed by atoms with Gasteiger partial charge in [-0.1, -0.05) is 18.2 Å². The molecule has 350 valence electrons. The second kappa shape index (κ2) is 19.2. The van der Waals surface area contributed by atoms with Crippen molar-refractivity contribution in [2.75, 3.05) is 76.2 Å². The highest BCUT2D eigenvalue weighted by atomic mass is 19.1. The molecule has 3 aromatic heterocycles. The fraction of sp³-hybridized carbons (Fsp3) is 0.442. The molecule has 14 nitrogen and oxygen atoms in total. The van der Waals surface area contributed by atoms with Crippen LogP contribution >= 0.6 is 0 Å². The molecule has 4 aliphatic rings. The fourth-order valence-corrected chi connectivity index (χ4v) is 11.0. The van der Waals surface area contributed by atoms with Gasteiger partial charge in [0.25, 0.3) is 5.91 Å². The van der Waals surface area contributed by atoms with Gasteiger partial charge in [0, 0.05) is 101 Å². The van der Waals surface area contributed by atoms with Gasteiger partial charge in [-0.05, 0) is 135 Å². The van der Waals surface area contributed by atoms with E-state index in [1.165, 1.54) is 17.3 Å². The number of H-pyrrole nitrogens is 1. The number of pyridine rings is 1. The van der Waals surface area contributed by atoms with Crippen molar-refractivity contribution in [1.29, 1.82) is 0 Å². The number of fused-ring (bicyclic) bond motifs is 2. The summed E-state index contributed by atoms with van der Waals surface area (Å²) < 4.78 is 22.8. The predicted molar refractivity (Wildman–Crippen MR) is 258 cm³/mol. The summed E-state index contributed by atoms with van der Waals surface area (Å²) in [4.78, 5) is 59.3. The van der Waals surface area contributed by atoms with Gasteiger partial charge in [0.1, 0.15) is 29.9 Å². The SMILES string of the molecule is COCc1nc2ccc(-c3ccnc4c3cc([C@H](C)N3CCC(c5ccc(C(=O)N6CCC(CN7CCN(c8ccc(NC9CCC(=O)NC9=O)cc8F)CC7)CC6)cc5)CC3)n4C)cc2[nH]1. The summed E-state index contributed by atoms with van der Waals surface area (Å²) in [6, 6.07) is 23.9. The number of piperazine rings is 1. The first-order valence-corrected chi connectivity index (χ1v) is 24.0. The van der Waals surface area contributed by atoms with Gasteiger partial charge < -0.3 is 29.4 Å². The summed E-state index contributed by atoms with van der Waals surface area (Å²) in [5, 5.41) is 6.55. The molecule has 3 aromatic carbocycles. The maximum atomic E-state index is 15.3. The predicted octanol–water partition coefficient (Wildman–Crippen LogP) is 7.23. The summed E-state index contributed by atoms with van der Waals surface area (Å²) >= 11 is 0. The van der Waals surface area contributed by atoms with E-state index >= 15 is 4.39 Å². The van der Waals surface area contributed by atoms with E-state index in [0.29, 0.717) is 36.2 Å². The first-order chi connectivity index (χ1) is 32.6. The third-order valence-corrected chi connectivity index (χ3v) is 14.9. The molecule has 67 heavy (non-hydrogen) atoms. The number of aryl methyl sites for hydroxylation is 1. The first-order valence-electron chi connectivity index (χ1n) is 24.0. The molecule has 0 bridgehead atoms. The summed E-state index contributed by atoms with van der Waals surface area (Å²) in [7, 11) is 3.80. The second-order valence-electron chi connectivity index (χ2n) is 19.0. The number of hydrogen-bond acceptors (Lipinski definition) is 10. The Morgan fingerprint density at radius 2 is 1.67 bits per heavy atom. The van der Waals surface area contributed by atoms with Gasteiger partial charge in [-0.2, -0.15) is 0 Å². The lowest BCUT2D eigenvalue weighted by atomic mass is 9.88. The topological polar surface area (TPSA) is 144 Å². The molecule has 0 aliphatic carbocycles. The number of imidazole rings is 1. The van der Waals surface area contributed by atoms with Crippen LogP contribution in [0.4, 0.5) is 15.8 Å². The second-order valence-corrected chi connectivity index (χ2v) is 19.0. The minimum Gasteiger partial charge on any atom is -0.377 e. The minimum atomic E-state index is -0.551. The van der Waals surface area contributed by atoms with E-state index in [1.807, 2.05) is 23.2 Å². The average Bonchev–Trinajstić information content (AvgIpc) is 3.92. The van der Waals surface area contributed by atoms with E-state index in [0.717, 1.165) is 129 Å². The van der Waals surface area contributed by atoms with Crippen molar-refractivity contribution in [3.63, 3.8) is 0 Å². The molecular formula is C52H61FN10O4. The van der Waals surface area contributed by atoms with E-state index in [4.69, 9.17) is 9.72 Å². The Balaban J connectivity index is 0.677. The quantitative estimate of drug-likeness (QED) is 0.108. The zero-order valence-corrected chi connectivity index (χ0v) is 38.8. The maximum absolute atomic E-state index is 15.3. The number of likely N-dealkylation sites (tertiary alicyclic amines) is 2.